The Labute approximate surface area is 347 Å². The second-order valence-electron chi connectivity index (χ2n) is 15.8. The highest BCUT2D eigenvalue weighted by molar-refractivity contribution is 7.99. The van der Waals surface area contributed by atoms with Crippen molar-refractivity contribution in [2.75, 3.05) is 25.2 Å². The van der Waals surface area contributed by atoms with Crippen LogP contribution in [0.3, 0.4) is 0 Å². The van der Waals surface area contributed by atoms with Gasteiger partial charge in [-0.2, -0.15) is 0 Å². The number of unbranched alkanes of at least 4 members (excludes halogenated alkanes) is 1. The lowest BCUT2D eigenvalue weighted by Crippen LogP contribution is -2.58. The third-order valence-electron chi connectivity index (χ3n) is 10.8. The third kappa shape index (κ3) is 14.9. The average molecular weight is 832 g/mol. The molecule has 1 unspecified atom stereocenters. The lowest BCUT2D eigenvalue weighted by Gasteiger charge is -2.40. The van der Waals surface area contributed by atoms with Crippen molar-refractivity contribution < 1.29 is 38.9 Å². The molecule has 1 fully saturated rings. The number of piperidine rings is 1. The maximum absolute atomic E-state index is 14.8. The minimum atomic E-state index is -0.981. The van der Waals surface area contributed by atoms with E-state index in [0.717, 1.165) is 50.0 Å². The van der Waals surface area contributed by atoms with Crippen molar-refractivity contribution >= 4 is 52.8 Å². The topological polar surface area (TPSA) is 178 Å². The number of hydrogen-bond donors (Lipinski definition) is 4. The van der Waals surface area contributed by atoms with Crippen LogP contribution in [0.5, 0.6) is 5.75 Å². The summed E-state index contributed by atoms with van der Waals surface area (Å²) in [5.41, 5.74) is 0.912. The molecule has 7 atom stereocenters. The number of hydrogen-bond acceptors (Lipinski definition) is 11. The van der Waals surface area contributed by atoms with Gasteiger partial charge in [-0.1, -0.05) is 72.9 Å². The summed E-state index contributed by atoms with van der Waals surface area (Å²) in [5.74, 6) is -1.90. The Balaban J connectivity index is 1.92. The summed E-state index contributed by atoms with van der Waals surface area (Å²) in [5, 5.41) is 27.4. The van der Waals surface area contributed by atoms with Crippen LogP contribution in [0.4, 0.5) is 0 Å². The molecule has 1 aromatic heterocycles. The van der Waals surface area contributed by atoms with Crippen LogP contribution in [0.25, 0.3) is 0 Å². The highest BCUT2D eigenvalue weighted by atomic mass is 32.2. The fourth-order valence-electron chi connectivity index (χ4n) is 7.06. The van der Waals surface area contributed by atoms with Gasteiger partial charge in [-0.3, -0.25) is 28.9 Å². The van der Waals surface area contributed by atoms with E-state index in [1.807, 2.05) is 39.6 Å². The lowest BCUT2D eigenvalue weighted by atomic mass is 9.92. The first-order valence-electron chi connectivity index (χ1n) is 20.4. The highest BCUT2D eigenvalue weighted by Crippen LogP contribution is 2.33. The number of esters is 1. The fourth-order valence-corrected chi connectivity index (χ4v) is 9.04. The van der Waals surface area contributed by atoms with Gasteiger partial charge in [0.05, 0.1) is 17.8 Å². The fraction of sp³-hybridized carbons (Fsp3) is 0.667. The first-order valence-corrected chi connectivity index (χ1v) is 22.4. The van der Waals surface area contributed by atoms with Crippen LogP contribution in [-0.2, 0) is 30.3 Å². The number of likely N-dealkylation sites (tertiary alicyclic amines) is 1. The van der Waals surface area contributed by atoms with Crippen molar-refractivity contribution in [1.29, 1.82) is 0 Å². The number of ether oxygens (including phenoxy) is 1. The molecule has 2 heterocycles. The number of aromatic nitrogens is 1. The van der Waals surface area contributed by atoms with Crippen LogP contribution >= 0.6 is 23.1 Å². The molecule has 4 N–H and O–H groups in total. The van der Waals surface area contributed by atoms with Crippen LogP contribution in [0.1, 0.15) is 127 Å². The molecule has 1 aliphatic rings. The van der Waals surface area contributed by atoms with E-state index in [-0.39, 0.29) is 54.0 Å². The van der Waals surface area contributed by atoms with Crippen LogP contribution in [0.15, 0.2) is 29.6 Å². The van der Waals surface area contributed by atoms with Crippen molar-refractivity contribution in [2.24, 2.45) is 17.8 Å². The molecule has 0 bridgehead atoms. The summed E-state index contributed by atoms with van der Waals surface area (Å²) in [7, 11) is 1.95. The standard InChI is InChI=1S/C42H65N5O8S2/c1-9-11-20-56-25-47(41(52)37(27(5)10-2)45-39(51)34-14-12-13-19-46(34)8)35(26(3)4)23-36(55-29(7)48)40-44-33(24-57-40)38(50)43-31(21-28(6)42(53)54)22-30-15-17-32(49)18-16-30/h15-18,24,26-28,31,34-37,49H,9-14,19-23,25H2,1-8H3,(H,43,50)(H,45,51)(H,53,54)/t27?,28-,31+,34+,35+,36+,37-/m0/s1. The molecule has 318 valence electrons. The number of amides is 3. The van der Waals surface area contributed by atoms with Crippen molar-refractivity contribution in [2.45, 2.75) is 137 Å². The number of carbonyl (C=O) groups is 5. The maximum Gasteiger partial charge on any atom is 0.306 e. The molecule has 3 amide bonds. The van der Waals surface area contributed by atoms with Crippen molar-refractivity contribution in [3.05, 3.63) is 45.9 Å². The summed E-state index contributed by atoms with van der Waals surface area (Å²) in [6, 6.07) is 4.53. The number of carboxylic acid groups (broad SMARTS) is 1. The molecule has 1 saturated heterocycles. The quantitative estimate of drug-likeness (QED) is 0.0535. The van der Waals surface area contributed by atoms with Gasteiger partial charge in [0.15, 0.2) is 6.10 Å². The molecule has 1 aromatic carbocycles. The smallest absolute Gasteiger partial charge is 0.306 e. The molecule has 0 saturated carbocycles. The largest absolute Gasteiger partial charge is 0.508 e. The molecule has 15 heteroatoms. The Morgan fingerprint density at radius 2 is 1.75 bits per heavy atom. The van der Waals surface area contributed by atoms with Gasteiger partial charge < -0.3 is 30.5 Å². The van der Waals surface area contributed by atoms with E-state index in [2.05, 4.69) is 27.4 Å². The normalized spacial score (nSPS) is 17.8. The number of aliphatic carboxylic acids is 1. The number of rotatable bonds is 23. The molecular formula is C42H65N5O8S2. The molecular weight excluding hydrogens is 767 g/mol. The number of likely N-dealkylation sites (N-methyl/N-ethyl adjacent to an activating group) is 1. The number of carboxylic acids is 1. The summed E-state index contributed by atoms with van der Waals surface area (Å²) in [6.07, 6.45) is 5.28. The SMILES string of the molecule is CCCCSCN(C(=O)[C@@H](NC(=O)[C@H]1CCCCN1C)C(C)CC)[C@H](C[C@@H](OC(C)=O)c1nc(C(=O)N[C@@H](Cc2ccc(O)cc2)C[C@H](C)C(=O)O)cs1)C(C)C. The molecule has 0 aliphatic carbocycles. The molecule has 3 rings (SSSR count). The maximum atomic E-state index is 14.8. The predicted molar refractivity (Wildman–Crippen MR) is 225 cm³/mol. The summed E-state index contributed by atoms with van der Waals surface area (Å²) >= 11 is 2.84. The van der Waals surface area contributed by atoms with Gasteiger partial charge in [-0.05, 0) is 81.0 Å². The zero-order valence-electron chi connectivity index (χ0n) is 35.0. The number of benzene rings is 1. The number of thioether (sulfide) groups is 1. The van der Waals surface area contributed by atoms with Crippen molar-refractivity contribution in [3.8, 4) is 5.75 Å². The van der Waals surface area contributed by atoms with Crippen LogP contribution in [-0.4, -0.2) is 104 Å². The van der Waals surface area contributed by atoms with Gasteiger partial charge >= 0.3 is 11.9 Å². The molecule has 0 spiro atoms. The van der Waals surface area contributed by atoms with E-state index in [9.17, 15) is 34.2 Å². The summed E-state index contributed by atoms with van der Waals surface area (Å²) in [6.45, 7) is 13.9. The number of phenols is 1. The number of aromatic hydroxyl groups is 1. The molecule has 13 nitrogen and oxygen atoms in total. The predicted octanol–water partition coefficient (Wildman–Crippen LogP) is 6.65. The van der Waals surface area contributed by atoms with E-state index >= 15 is 0 Å². The Morgan fingerprint density at radius 3 is 2.35 bits per heavy atom. The van der Waals surface area contributed by atoms with Gasteiger partial charge in [0, 0.05) is 30.8 Å². The van der Waals surface area contributed by atoms with Gasteiger partial charge in [0.2, 0.25) is 11.8 Å². The second-order valence-corrected chi connectivity index (χ2v) is 17.8. The van der Waals surface area contributed by atoms with E-state index in [1.165, 1.54) is 30.4 Å². The number of nitrogens with one attached hydrogen (secondary N) is 2. The Hall–Kier alpha value is -3.69. The Morgan fingerprint density at radius 1 is 1.05 bits per heavy atom. The first kappa shape index (κ1) is 47.7. The van der Waals surface area contributed by atoms with Gasteiger partial charge in [-0.25, -0.2) is 4.98 Å². The van der Waals surface area contributed by atoms with E-state index in [4.69, 9.17) is 4.74 Å². The van der Waals surface area contributed by atoms with Gasteiger partial charge in [0.1, 0.15) is 22.5 Å². The second kappa shape index (κ2) is 23.6. The monoisotopic (exact) mass is 831 g/mol. The molecule has 1 aliphatic heterocycles. The minimum Gasteiger partial charge on any atom is -0.508 e. The third-order valence-corrected chi connectivity index (χ3v) is 12.8. The van der Waals surface area contributed by atoms with Crippen LogP contribution < -0.4 is 10.6 Å². The highest BCUT2D eigenvalue weighted by Gasteiger charge is 2.39. The van der Waals surface area contributed by atoms with Crippen molar-refractivity contribution in [1.82, 2.24) is 25.4 Å². The number of nitrogens with zero attached hydrogens (tertiary/aromatic N) is 3. The van der Waals surface area contributed by atoms with E-state index in [0.29, 0.717) is 23.7 Å². The van der Waals surface area contributed by atoms with Crippen LogP contribution in [0, 0.1) is 17.8 Å². The summed E-state index contributed by atoms with van der Waals surface area (Å²) < 4.78 is 5.89. The average Bonchev–Trinajstić information content (AvgIpc) is 3.67. The summed E-state index contributed by atoms with van der Waals surface area (Å²) in [4.78, 5) is 75.0. The Kier molecular flexibility index (Phi) is 19.8. The number of phenolic OH excluding ortho intramolecular Hbond substituents is 1. The van der Waals surface area contributed by atoms with Gasteiger partial charge in [-0.15, -0.1) is 23.1 Å². The molecule has 57 heavy (non-hydrogen) atoms. The van der Waals surface area contributed by atoms with Crippen molar-refractivity contribution in [3.63, 3.8) is 0 Å². The number of carbonyl (C=O) groups excluding carboxylic acids is 4. The molecule has 2 aromatic rings. The first-order chi connectivity index (χ1) is 27.1. The van der Waals surface area contributed by atoms with E-state index in [1.54, 1.807) is 36.2 Å². The zero-order chi connectivity index (χ0) is 42.2. The lowest BCUT2D eigenvalue weighted by molar-refractivity contribution is -0.149. The molecule has 0 radical (unpaired) electrons. The van der Waals surface area contributed by atoms with Crippen LogP contribution in [0.2, 0.25) is 0 Å². The zero-order valence-corrected chi connectivity index (χ0v) is 36.6. The van der Waals surface area contributed by atoms with Gasteiger partial charge in [0.25, 0.3) is 5.91 Å². The Bertz CT molecular complexity index is 1600. The number of thiazole rings is 1. The minimum absolute atomic E-state index is 0.0730. The van der Waals surface area contributed by atoms with E-state index < -0.39 is 48.0 Å².